The third kappa shape index (κ3) is 65.1. The molecule has 0 fully saturated rings. The summed E-state index contributed by atoms with van der Waals surface area (Å²) >= 11 is 0. The van der Waals surface area contributed by atoms with Gasteiger partial charge in [-0.3, -0.25) is 18.6 Å². The van der Waals surface area contributed by atoms with E-state index in [1.807, 2.05) is 33.3 Å². The Morgan fingerprint density at radius 2 is 0.709 bits per heavy atom. The van der Waals surface area contributed by atoms with Crippen LogP contribution in [0, 0.1) is 0 Å². The molecule has 0 aromatic carbocycles. The zero-order valence-electron chi connectivity index (χ0n) is 56.8. The van der Waals surface area contributed by atoms with Crippen molar-refractivity contribution in [1.29, 1.82) is 0 Å². The summed E-state index contributed by atoms with van der Waals surface area (Å²) in [5.74, 6) is -0.524. The Kier molecular flexibility index (Phi) is 62.1. The lowest BCUT2D eigenvalue weighted by atomic mass is 10.0. The largest absolute Gasteiger partial charge is 0.472 e. The molecule has 0 aliphatic carbocycles. The number of phosphoric ester groups is 1. The van der Waals surface area contributed by atoms with Gasteiger partial charge in [0, 0.05) is 12.8 Å². The highest BCUT2D eigenvalue weighted by molar-refractivity contribution is 7.47. The Morgan fingerprint density at radius 3 is 1.08 bits per heavy atom. The van der Waals surface area contributed by atoms with Crippen molar-refractivity contribution >= 4 is 19.7 Å². The standard InChI is InChI=1S/C76H135N2O7P/c1-7-10-13-16-19-22-25-28-30-32-34-36-38-39-41-43-45-47-49-51-54-57-60-63-66-69-76(80)85-74(67-64-61-58-55-52-27-24-21-18-15-12-9-3)73(72-84-86(81,82)83-71-70-78(4,5)6)77-75(79)68-65-62-59-56-53-50-48-46-44-42-40-37-35-33-31-29-26-23-20-17-14-11-8-2/h19-20,22-23,28-31,34-37,39,41-42,44,64,67,73-74H,7-18,21,24-27,32-33,38,40,43,45-63,65-66,68-72H2,1-6H3,(H-,77,79,81,82)/p+1/b22-19-,23-20-,30-28-,31-29-,36-34-,37-35-,41-39-,44-42-,67-64+. The molecule has 0 radical (unpaired) electrons. The topological polar surface area (TPSA) is 111 Å². The molecule has 0 saturated carbocycles. The van der Waals surface area contributed by atoms with E-state index in [-0.39, 0.29) is 31.5 Å². The summed E-state index contributed by atoms with van der Waals surface area (Å²) in [6.45, 7) is 6.96. The van der Waals surface area contributed by atoms with Crippen molar-refractivity contribution < 1.29 is 37.3 Å². The molecule has 9 nitrogen and oxygen atoms in total. The number of allylic oxidation sites excluding steroid dienone is 17. The number of phosphoric acid groups is 1. The first kappa shape index (κ1) is 82.7. The van der Waals surface area contributed by atoms with E-state index in [9.17, 15) is 19.0 Å². The zero-order chi connectivity index (χ0) is 62.8. The molecule has 0 saturated heterocycles. The van der Waals surface area contributed by atoms with E-state index < -0.39 is 20.0 Å². The van der Waals surface area contributed by atoms with E-state index in [4.69, 9.17) is 13.8 Å². The maximum atomic E-state index is 13.6. The predicted octanol–water partition coefficient (Wildman–Crippen LogP) is 22.8. The molecule has 10 heteroatoms. The molecule has 0 aliphatic rings. The minimum atomic E-state index is -4.47. The van der Waals surface area contributed by atoms with Crippen LogP contribution < -0.4 is 5.32 Å². The highest BCUT2D eigenvalue weighted by Crippen LogP contribution is 2.43. The van der Waals surface area contributed by atoms with Crippen molar-refractivity contribution in [2.45, 2.75) is 322 Å². The summed E-state index contributed by atoms with van der Waals surface area (Å²) in [4.78, 5) is 37.9. The fraction of sp³-hybridized carbons (Fsp3) is 0.737. The fourth-order valence-corrected chi connectivity index (χ4v) is 10.6. The van der Waals surface area contributed by atoms with Crippen molar-refractivity contribution in [3.8, 4) is 0 Å². The molecule has 2 N–H and O–H groups in total. The van der Waals surface area contributed by atoms with Crippen LogP contribution in [0.3, 0.4) is 0 Å². The second-order valence-corrected chi connectivity index (χ2v) is 26.5. The molecule has 0 rings (SSSR count). The van der Waals surface area contributed by atoms with Crippen molar-refractivity contribution in [1.82, 2.24) is 5.32 Å². The predicted molar refractivity (Wildman–Crippen MR) is 373 cm³/mol. The van der Waals surface area contributed by atoms with Crippen LogP contribution in [0.15, 0.2) is 109 Å². The number of nitrogens with one attached hydrogen (secondary N) is 1. The average Bonchev–Trinajstić information content (AvgIpc) is 3.65. The molecule has 0 spiro atoms. The van der Waals surface area contributed by atoms with Crippen LogP contribution in [0.4, 0.5) is 0 Å². The smallest absolute Gasteiger partial charge is 0.456 e. The number of rotatable bonds is 64. The zero-order valence-corrected chi connectivity index (χ0v) is 57.7. The van der Waals surface area contributed by atoms with Gasteiger partial charge in [0.05, 0.1) is 33.8 Å². The number of carbonyl (C=O) groups is 2. The summed E-state index contributed by atoms with van der Waals surface area (Å²) in [7, 11) is 1.48. The molecular weight excluding hydrogens is 1080 g/mol. The normalized spacial score (nSPS) is 14.2. The lowest BCUT2D eigenvalue weighted by molar-refractivity contribution is -0.870. The van der Waals surface area contributed by atoms with Crippen LogP contribution in [-0.4, -0.2) is 74.3 Å². The quantitative estimate of drug-likeness (QED) is 0.0205. The molecule has 0 aromatic heterocycles. The van der Waals surface area contributed by atoms with Gasteiger partial charge in [0.15, 0.2) is 0 Å². The molecule has 86 heavy (non-hydrogen) atoms. The molecule has 0 heterocycles. The first-order chi connectivity index (χ1) is 41.9. The number of amides is 1. The Bertz CT molecular complexity index is 1840. The van der Waals surface area contributed by atoms with Crippen LogP contribution in [0.25, 0.3) is 0 Å². The Balaban J connectivity index is 5.13. The first-order valence-electron chi connectivity index (χ1n) is 35.7. The number of carbonyl (C=O) groups excluding carboxylic acids is 2. The SMILES string of the molecule is CCCCC/C=C\C/C=C\C/C=C\C/C=C\CCCCCCCCCCCC(=O)OC(/C=C/CCCCCCCCCCCC)C(COP(=O)(O)OCC[N+](C)(C)C)NC(=O)CCCCCCCCC/C=C\C/C=C\C/C=C\C/C=C\CCCCC. The van der Waals surface area contributed by atoms with Gasteiger partial charge in [-0.15, -0.1) is 0 Å². The van der Waals surface area contributed by atoms with E-state index in [2.05, 4.69) is 123 Å². The van der Waals surface area contributed by atoms with Gasteiger partial charge in [-0.25, -0.2) is 4.57 Å². The summed E-state index contributed by atoms with van der Waals surface area (Å²) in [5.41, 5.74) is 0. The van der Waals surface area contributed by atoms with E-state index in [0.717, 1.165) is 122 Å². The molecule has 0 aliphatic heterocycles. The lowest BCUT2D eigenvalue weighted by Gasteiger charge is -2.27. The summed E-state index contributed by atoms with van der Waals surface area (Å²) in [5, 5.41) is 3.06. The van der Waals surface area contributed by atoms with E-state index in [1.165, 1.54) is 154 Å². The van der Waals surface area contributed by atoms with E-state index in [0.29, 0.717) is 17.4 Å². The van der Waals surface area contributed by atoms with Crippen LogP contribution in [0.2, 0.25) is 0 Å². The van der Waals surface area contributed by atoms with Gasteiger partial charge in [0.2, 0.25) is 5.91 Å². The maximum absolute atomic E-state index is 13.6. The third-order valence-corrected chi connectivity index (χ3v) is 16.4. The number of unbranched alkanes of at least 4 members (excludes halogenated alkanes) is 32. The van der Waals surface area contributed by atoms with Crippen molar-refractivity contribution in [3.05, 3.63) is 109 Å². The van der Waals surface area contributed by atoms with Gasteiger partial charge >= 0.3 is 13.8 Å². The van der Waals surface area contributed by atoms with Crippen molar-refractivity contribution in [2.24, 2.45) is 0 Å². The monoisotopic (exact) mass is 1220 g/mol. The van der Waals surface area contributed by atoms with Gasteiger partial charge in [-0.1, -0.05) is 285 Å². The van der Waals surface area contributed by atoms with Crippen LogP contribution in [-0.2, 0) is 27.9 Å². The maximum Gasteiger partial charge on any atom is 0.472 e. The van der Waals surface area contributed by atoms with E-state index >= 15 is 0 Å². The Labute approximate surface area is 531 Å². The van der Waals surface area contributed by atoms with Crippen LogP contribution >= 0.6 is 7.82 Å². The fourth-order valence-electron chi connectivity index (χ4n) is 9.91. The Hall–Kier alpha value is -3.33. The van der Waals surface area contributed by atoms with Crippen molar-refractivity contribution in [2.75, 3.05) is 40.9 Å². The first-order valence-corrected chi connectivity index (χ1v) is 37.2. The highest BCUT2D eigenvalue weighted by atomic mass is 31.2. The van der Waals surface area contributed by atoms with Crippen LogP contribution in [0.1, 0.15) is 310 Å². The molecule has 0 aromatic rings. The van der Waals surface area contributed by atoms with Crippen LogP contribution in [0.5, 0.6) is 0 Å². The second kappa shape index (κ2) is 64.6. The van der Waals surface area contributed by atoms with E-state index in [1.54, 1.807) is 0 Å². The number of ether oxygens (including phenoxy) is 1. The van der Waals surface area contributed by atoms with Crippen molar-refractivity contribution in [3.63, 3.8) is 0 Å². The number of nitrogens with zero attached hydrogens (tertiary/aromatic N) is 1. The molecule has 496 valence electrons. The van der Waals surface area contributed by atoms with Gasteiger partial charge in [0.1, 0.15) is 19.3 Å². The lowest BCUT2D eigenvalue weighted by Crippen LogP contribution is -2.47. The molecular formula is C76H136N2O7P+. The third-order valence-electron chi connectivity index (χ3n) is 15.4. The second-order valence-electron chi connectivity index (χ2n) is 25.0. The number of likely N-dealkylation sites (N-methyl/N-ethyl adjacent to an activating group) is 1. The molecule has 0 bridgehead atoms. The molecule has 1 amide bonds. The highest BCUT2D eigenvalue weighted by Gasteiger charge is 2.30. The summed E-state index contributed by atoms with van der Waals surface area (Å²) < 4.78 is 30.8. The number of hydrogen-bond donors (Lipinski definition) is 2. The number of hydrogen-bond acceptors (Lipinski definition) is 6. The average molecular weight is 1220 g/mol. The number of quaternary nitrogens is 1. The van der Waals surface area contributed by atoms with Gasteiger partial charge in [0.25, 0.3) is 0 Å². The number of esters is 1. The molecule has 3 unspecified atom stereocenters. The van der Waals surface area contributed by atoms with Gasteiger partial charge in [-0.2, -0.15) is 0 Å². The van der Waals surface area contributed by atoms with Gasteiger partial charge < -0.3 is 19.4 Å². The minimum absolute atomic E-state index is 0.0319. The van der Waals surface area contributed by atoms with Gasteiger partial charge in [-0.05, 0) is 122 Å². The summed E-state index contributed by atoms with van der Waals surface area (Å²) in [6.07, 6.45) is 89.5. The minimum Gasteiger partial charge on any atom is -0.456 e. The summed E-state index contributed by atoms with van der Waals surface area (Å²) in [6, 6.07) is -0.865. The molecule has 3 atom stereocenters. The Morgan fingerprint density at radius 1 is 0.407 bits per heavy atom.